The summed E-state index contributed by atoms with van der Waals surface area (Å²) >= 11 is 0. The Labute approximate surface area is 96.3 Å². The predicted molar refractivity (Wildman–Crippen MR) is 65.5 cm³/mol. The van der Waals surface area contributed by atoms with E-state index in [9.17, 15) is 9.36 Å². The molecule has 1 aromatic carbocycles. The Kier molecular flexibility index (Phi) is 4.45. The molecule has 1 atom stereocenters. The van der Waals surface area contributed by atoms with Crippen molar-refractivity contribution in [1.82, 2.24) is 0 Å². The summed E-state index contributed by atoms with van der Waals surface area (Å²) < 4.78 is 18.1. The lowest BCUT2D eigenvalue weighted by Crippen LogP contribution is -2.17. The maximum atomic E-state index is 12.6. The van der Waals surface area contributed by atoms with Crippen molar-refractivity contribution < 1.29 is 13.9 Å². The molecule has 0 radical (unpaired) electrons. The minimum Gasteiger partial charge on any atom is -0.322 e. The molecule has 1 aromatic rings. The molecular weight excluding hydrogens is 223 g/mol. The van der Waals surface area contributed by atoms with Crippen molar-refractivity contribution in [3.8, 4) is 0 Å². The Hall–Kier alpha value is -0.920. The first-order valence-corrected chi connectivity index (χ1v) is 7.07. The fourth-order valence-electron chi connectivity index (χ4n) is 1.48. The molecule has 16 heavy (non-hydrogen) atoms. The average Bonchev–Trinajstić information content (AvgIpc) is 2.16. The highest BCUT2D eigenvalue weighted by Gasteiger charge is 2.28. The van der Waals surface area contributed by atoms with Gasteiger partial charge in [-0.2, -0.15) is 0 Å². The van der Waals surface area contributed by atoms with Gasteiger partial charge in [0.1, 0.15) is 5.78 Å². The van der Waals surface area contributed by atoms with E-state index in [1.807, 2.05) is 19.9 Å². The monoisotopic (exact) mass is 240 g/mol. The van der Waals surface area contributed by atoms with Crippen LogP contribution in [0.5, 0.6) is 0 Å². The minimum absolute atomic E-state index is 0.0325. The Morgan fingerprint density at radius 2 is 1.88 bits per heavy atom. The lowest BCUT2D eigenvalue weighted by Gasteiger charge is -2.20. The van der Waals surface area contributed by atoms with Crippen LogP contribution in [-0.2, 0) is 13.9 Å². The number of ketones is 1. The van der Waals surface area contributed by atoms with Crippen LogP contribution in [0.2, 0.25) is 0 Å². The van der Waals surface area contributed by atoms with Gasteiger partial charge in [-0.3, -0.25) is 9.36 Å². The molecule has 0 N–H and O–H groups in total. The molecule has 0 aliphatic heterocycles. The molecule has 4 heteroatoms. The second-order valence-electron chi connectivity index (χ2n) is 4.02. The zero-order chi connectivity index (χ0) is 12.2. The van der Waals surface area contributed by atoms with Crippen molar-refractivity contribution in [2.24, 2.45) is 0 Å². The molecule has 0 fully saturated rings. The summed E-state index contributed by atoms with van der Waals surface area (Å²) in [4.78, 5) is 11.2. The first-order chi connectivity index (χ1) is 7.44. The van der Waals surface area contributed by atoms with Crippen molar-refractivity contribution in [3.05, 3.63) is 30.3 Å². The van der Waals surface area contributed by atoms with Crippen LogP contribution < -0.4 is 5.30 Å². The maximum Gasteiger partial charge on any atom is 0.239 e. The van der Waals surface area contributed by atoms with Crippen molar-refractivity contribution in [1.29, 1.82) is 0 Å². The van der Waals surface area contributed by atoms with Crippen molar-refractivity contribution >= 4 is 18.5 Å². The van der Waals surface area contributed by atoms with Gasteiger partial charge in [0, 0.05) is 5.30 Å². The second-order valence-corrected chi connectivity index (χ2v) is 6.41. The van der Waals surface area contributed by atoms with Gasteiger partial charge in [-0.25, -0.2) is 0 Å². The van der Waals surface area contributed by atoms with Crippen molar-refractivity contribution in [2.45, 2.75) is 26.9 Å². The number of hydrogen-bond donors (Lipinski definition) is 0. The van der Waals surface area contributed by atoms with Gasteiger partial charge in [0.25, 0.3) is 0 Å². The van der Waals surface area contributed by atoms with E-state index in [0.29, 0.717) is 5.30 Å². The molecule has 0 aliphatic carbocycles. The first kappa shape index (κ1) is 13.1. The smallest absolute Gasteiger partial charge is 0.239 e. The standard InChI is InChI=1S/C12H17O3P/c1-10(2)15-16(14,9-11(3)13)12-7-5-4-6-8-12/h4-8,10H,9H2,1-3H3. The average molecular weight is 240 g/mol. The summed E-state index contributed by atoms with van der Waals surface area (Å²) in [5, 5.41) is 0.610. The van der Waals surface area contributed by atoms with Gasteiger partial charge in [-0.1, -0.05) is 18.2 Å². The van der Waals surface area contributed by atoms with E-state index in [4.69, 9.17) is 4.52 Å². The predicted octanol–water partition coefficient (Wildman–Crippen LogP) is 2.60. The lowest BCUT2D eigenvalue weighted by molar-refractivity contribution is -0.114. The topological polar surface area (TPSA) is 43.4 Å². The molecule has 1 rings (SSSR count). The van der Waals surface area contributed by atoms with Crippen LogP contribution in [0.25, 0.3) is 0 Å². The van der Waals surface area contributed by atoms with Gasteiger partial charge in [0.2, 0.25) is 7.37 Å². The molecule has 0 bridgehead atoms. The summed E-state index contributed by atoms with van der Waals surface area (Å²) in [5.41, 5.74) is 0. The zero-order valence-electron chi connectivity index (χ0n) is 9.84. The van der Waals surface area contributed by atoms with Crippen molar-refractivity contribution in [2.75, 3.05) is 6.16 Å². The normalized spacial score (nSPS) is 14.8. The highest BCUT2D eigenvalue weighted by atomic mass is 31.2. The molecule has 0 saturated carbocycles. The quantitative estimate of drug-likeness (QED) is 0.743. The van der Waals surface area contributed by atoms with E-state index >= 15 is 0 Å². The number of carbonyl (C=O) groups excluding carboxylic acids is 1. The summed E-state index contributed by atoms with van der Waals surface area (Å²) in [6.45, 7) is 5.06. The number of rotatable bonds is 5. The molecule has 88 valence electrons. The molecule has 0 amide bonds. The third-order valence-corrected chi connectivity index (χ3v) is 4.67. The molecule has 0 aliphatic rings. The van der Waals surface area contributed by atoms with E-state index in [-0.39, 0.29) is 18.0 Å². The fourth-order valence-corrected chi connectivity index (χ4v) is 3.75. The second kappa shape index (κ2) is 5.42. The maximum absolute atomic E-state index is 12.6. The molecule has 3 nitrogen and oxygen atoms in total. The summed E-state index contributed by atoms with van der Waals surface area (Å²) in [6, 6.07) is 8.92. The van der Waals surface area contributed by atoms with Gasteiger partial charge in [-0.05, 0) is 32.9 Å². The van der Waals surface area contributed by atoms with E-state index in [0.717, 1.165) is 0 Å². The highest BCUT2D eigenvalue weighted by Crippen LogP contribution is 2.46. The van der Waals surface area contributed by atoms with Gasteiger partial charge in [0.15, 0.2) is 0 Å². The third kappa shape index (κ3) is 3.58. The van der Waals surface area contributed by atoms with Crippen LogP contribution in [0.3, 0.4) is 0 Å². The van der Waals surface area contributed by atoms with Gasteiger partial charge >= 0.3 is 0 Å². The Morgan fingerprint density at radius 3 is 2.31 bits per heavy atom. The van der Waals surface area contributed by atoms with Crippen LogP contribution in [0.4, 0.5) is 0 Å². The van der Waals surface area contributed by atoms with Gasteiger partial charge in [0.05, 0.1) is 12.3 Å². The molecule has 0 aromatic heterocycles. The van der Waals surface area contributed by atoms with Crippen LogP contribution in [-0.4, -0.2) is 18.0 Å². The SMILES string of the molecule is CC(=O)CP(=O)(OC(C)C)c1ccccc1. The zero-order valence-corrected chi connectivity index (χ0v) is 10.7. The van der Waals surface area contributed by atoms with Crippen LogP contribution in [0.15, 0.2) is 30.3 Å². The molecule has 0 heterocycles. The van der Waals surface area contributed by atoms with E-state index < -0.39 is 7.37 Å². The molecule has 0 spiro atoms. The van der Waals surface area contributed by atoms with Gasteiger partial charge < -0.3 is 4.52 Å². The van der Waals surface area contributed by atoms with E-state index in [1.165, 1.54) is 6.92 Å². The molecular formula is C12H17O3P. The van der Waals surface area contributed by atoms with Gasteiger partial charge in [-0.15, -0.1) is 0 Å². The fraction of sp³-hybridized carbons (Fsp3) is 0.417. The van der Waals surface area contributed by atoms with Crippen LogP contribution in [0, 0.1) is 0 Å². The summed E-state index contributed by atoms with van der Waals surface area (Å²) in [5.74, 6) is -0.118. The first-order valence-electron chi connectivity index (χ1n) is 5.26. The Morgan fingerprint density at radius 1 is 1.31 bits per heavy atom. The number of hydrogen-bond acceptors (Lipinski definition) is 3. The molecule has 0 saturated heterocycles. The molecule has 1 unspecified atom stereocenters. The van der Waals surface area contributed by atoms with E-state index in [1.54, 1.807) is 24.3 Å². The highest BCUT2D eigenvalue weighted by molar-refractivity contribution is 7.67. The van der Waals surface area contributed by atoms with Crippen molar-refractivity contribution in [3.63, 3.8) is 0 Å². The number of carbonyl (C=O) groups is 1. The largest absolute Gasteiger partial charge is 0.322 e. The van der Waals surface area contributed by atoms with Crippen LogP contribution in [0.1, 0.15) is 20.8 Å². The summed E-state index contributed by atoms with van der Waals surface area (Å²) in [6.07, 6.45) is -0.194. The third-order valence-electron chi connectivity index (χ3n) is 1.96. The minimum atomic E-state index is -3.03. The van der Waals surface area contributed by atoms with E-state index in [2.05, 4.69) is 0 Å². The number of Topliss-reactive ketones (excluding diaryl/α,β-unsaturated/α-hetero) is 1. The Bertz CT molecular complexity index is 398. The lowest BCUT2D eigenvalue weighted by atomic mass is 10.4. The Balaban J connectivity index is 3.05. The van der Waals surface area contributed by atoms with Crippen LogP contribution >= 0.6 is 7.37 Å². The number of benzene rings is 1. The summed E-state index contributed by atoms with van der Waals surface area (Å²) in [7, 11) is -3.03.